The van der Waals surface area contributed by atoms with E-state index in [2.05, 4.69) is 15.0 Å². The minimum absolute atomic E-state index is 0.0168. The molecule has 0 unspecified atom stereocenters. The number of ether oxygens (including phenoxy) is 1. The van der Waals surface area contributed by atoms with Crippen LogP contribution in [0, 0.1) is 11.7 Å². The SMILES string of the molecule is O=C(NCc1ccc(C(F)(F)F)c(-c2nc(C(F)(F)F)cc(=O)[nH]2)c1F)C1CCN(c2ccc(OC(F)F)cc2)CC1. The number of hydrogen-bond donors (Lipinski definition) is 2. The molecule has 1 saturated heterocycles. The first-order chi connectivity index (χ1) is 19.6. The molecule has 3 aromatic rings. The highest BCUT2D eigenvalue weighted by Gasteiger charge is 2.39. The number of rotatable bonds is 7. The molecular formula is C26H21F9N4O3. The van der Waals surface area contributed by atoms with Gasteiger partial charge in [-0.1, -0.05) is 6.07 Å². The molecule has 0 bridgehead atoms. The first kappa shape index (κ1) is 30.7. The second kappa shape index (κ2) is 11.9. The minimum atomic E-state index is -5.21. The van der Waals surface area contributed by atoms with Gasteiger partial charge < -0.3 is 19.9 Å². The van der Waals surface area contributed by atoms with Gasteiger partial charge in [0.05, 0.1) is 11.1 Å². The molecule has 0 radical (unpaired) electrons. The number of H-pyrrole nitrogens is 1. The Morgan fingerprint density at radius 1 is 1.02 bits per heavy atom. The average molecular weight is 608 g/mol. The Bertz CT molecular complexity index is 1480. The normalized spacial score (nSPS) is 14.8. The highest BCUT2D eigenvalue weighted by molar-refractivity contribution is 5.79. The van der Waals surface area contributed by atoms with Crippen molar-refractivity contribution in [2.24, 2.45) is 5.92 Å². The van der Waals surface area contributed by atoms with Gasteiger partial charge >= 0.3 is 19.0 Å². The first-order valence-corrected chi connectivity index (χ1v) is 12.3. The smallest absolute Gasteiger partial charge is 0.433 e. The Hall–Kier alpha value is -4.24. The molecule has 0 spiro atoms. The van der Waals surface area contributed by atoms with Gasteiger partial charge in [-0.2, -0.15) is 35.1 Å². The first-order valence-electron chi connectivity index (χ1n) is 12.3. The maximum atomic E-state index is 15.4. The molecule has 1 fully saturated rings. The molecule has 2 heterocycles. The molecule has 1 aliphatic heterocycles. The quantitative estimate of drug-likeness (QED) is 0.334. The number of carbonyl (C=O) groups is 1. The van der Waals surface area contributed by atoms with E-state index in [0.717, 1.165) is 6.07 Å². The topological polar surface area (TPSA) is 87.3 Å². The zero-order valence-electron chi connectivity index (χ0n) is 21.3. The van der Waals surface area contributed by atoms with Crippen molar-refractivity contribution in [2.45, 2.75) is 38.4 Å². The van der Waals surface area contributed by atoms with Crippen LogP contribution in [0.15, 0.2) is 47.3 Å². The Kier molecular flexibility index (Phi) is 8.73. The molecule has 0 saturated carbocycles. The fourth-order valence-corrected chi connectivity index (χ4v) is 4.51. The summed E-state index contributed by atoms with van der Waals surface area (Å²) < 4.78 is 125. The van der Waals surface area contributed by atoms with Gasteiger partial charge in [-0.15, -0.1) is 0 Å². The Labute approximate surface area is 231 Å². The van der Waals surface area contributed by atoms with Crippen molar-refractivity contribution in [2.75, 3.05) is 18.0 Å². The number of halogens is 9. The number of benzene rings is 2. The lowest BCUT2D eigenvalue weighted by Crippen LogP contribution is -2.40. The summed E-state index contributed by atoms with van der Waals surface area (Å²) in [5.41, 5.74) is -6.08. The van der Waals surface area contributed by atoms with Crippen LogP contribution in [-0.4, -0.2) is 35.6 Å². The van der Waals surface area contributed by atoms with E-state index in [4.69, 9.17) is 0 Å². The number of piperidine rings is 1. The average Bonchev–Trinajstić information content (AvgIpc) is 2.91. The molecule has 4 rings (SSSR count). The zero-order valence-corrected chi connectivity index (χ0v) is 21.3. The van der Waals surface area contributed by atoms with Crippen LogP contribution in [0.4, 0.5) is 45.2 Å². The van der Waals surface area contributed by atoms with Gasteiger partial charge in [0.1, 0.15) is 17.4 Å². The fraction of sp³-hybridized carbons (Fsp3) is 0.346. The molecular weight excluding hydrogens is 587 g/mol. The van der Waals surface area contributed by atoms with Crippen molar-refractivity contribution in [3.63, 3.8) is 0 Å². The highest BCUT2D eigenvalue weighted by Crippen LogP contribution is 2.39. The Balaban J connectivity index is 1.47. The van der Waals surface area contributed by atoms with Gasteiger partial charge in [-0.25, -0.2) is 9.37 Å². The van der Waals surface area contributed by atoms with Crippen molar-refractivity contribution in [3.05, 3.63) is 75.5 Å². The Morgan fingerprint density at radius 3 is 2.24 bits per heavy atom. The van der Waals surface area contributed by atoms with Gasteiger partial charge in [-0.3, -0.25) is 9.59 Å². The number of nitrogens with zero attached hydrogens (tertiary/aromatic N) is 2. The number of amides is 1. The summed E-state index contributed by atoms with van der Waals surface area (Å²) in [5.74, 6) is -3.96. The molecule has 1 aromatic heterocycles. The van der Waals surface area contributed by atoms with Gasteiger partial charge in [0.25, 0.3) is 5.56 Å². The fourth-order valence-electron chi connectivity index (χ4n) is 4.51. The lowest BCUT2D eigenvalue weighted by Gasteiger charge is -2.33. The summed E-state index contributed by atoms with van der Waals surface area (Å²) in [7, 11) is 0. The number of aromatic amines is 1. The van der Waals surface area contributed by atoms with E-state index in [-0.39, 0.29) is 11.8 Å². The molecule has 0 aliphatic carbocycles. The van der Waals surface area contributed by atoms with Gasteiger partial charge in [0, 0.05) is 42.9 Å². The van der Waals surface area contributed by atoms with Gasteiger partial charge in [0.15, 0.2) is 5.69 Å². The minimum Gasteiger partial charge on any atom is -0.435 e. The molecule has 226 valence electrons. The van der Waals surface area contributed by atoms with Crippen LogP contribution >= 0.6 is 0 Å². The Morgan fingerprint density at radius 2 is 1.67 bits per heavy atom. The third kappa shape index (κ3) is 7.15. The molecule has 16 heteroatoms. The van der Waals surface area contributed by atoms with E-state index in [1.54, 1.807) is 17.1 Å². The third-order valence-corrected chi connectivity index (χ3v) is 6.54. The number of nitrogens with one attached hydrogen (secondary N) is 2. The molecule has 0 atom stereocenters. The summed E-state index contributed by atoms with van der Waals surface area (Å²) in [4.78, 5) is 31.1. The van der Waals surface area contributed by atoms with E-state index in [0.29, 0.717) is 37.7 Å². The monoisotopic (exact) mass is 608 g/mol. The second-order valence-corrected chi connectivity index (χ2v) is 9.29. The standard InChI is InChI=1S/C26H21F9N4O3/c27-21-14(1-6-17(25(30,31)32)20(21)22-37-18(26(33,34)35)11-19(40)38-22)12-36-23(41)13-7-9-39(10-8-13)15-2-4-16(5-3-15)42-24(28)29/h1-6,11,13,24H,7-10,12H2,(H,36,41)(H,37,38,40). The number of carbonyl (C=O) groups excluding carboxylic acids is 1. The molecule has 1 aliphatic rings. The second-order valence-electron chi connectivity index (χ2n) is 9.29. The molecule has 1 amide bonds. The summed E-state index contributed by atoms with van der Waals surface area (Å²) >= 11 is 0. The van der Waals surface area contributed by atoms with E-state index < -0.39 is 76.9 Å². The lowest BCUT2D eigenvalue weighted by atomic mass is 9.95. The maximum Gasteiger partial charge on any atom is 0.433 e. The van der Waals surface area contributed by atoms with Gasteiger partial charge in [-0.05, 0) is 43.2 Å². The summed E-state index contributed by atoms with van der Waals surface area (Å²) in [6, 6.07) is 7.09. The number of hydrogen-bond acceptors (Lipinski definition) is 5. The van der Waals surface area contributed by atoms with Crippen LogP contribution in [0.1, 0.15) is 29.7 Å². The van der Waals surface area contributed by atoms with Crippen LogP contribution < -0.4 is 20.5 Å². The van der Waals surface area contributed by atoms with Crippen LogP contribution in [0.5, 0.6) is 5.75 Å². The van der Waals surface area contributed by atoms with Crippen molar-refractivity contribution >= 4 is 11.6 Å². The number of aromatic nitrogens is 2. The summed E-state index contributed by atoms with van der Waals surface area (Å²) in [6.45, 7) is -2.75. The van der Waals surface area contributed by atoms with E-state index in [9.17, 15) is 44.7 Å². The molecule has 2 N–H and O–H groups in total. The van der Waals surface area contributed by atoms with Crippen LogP contribution in [0.2, 0.25) is 0 Å². The molecule has 2 aromatic carbocycles. The van der Waals surface area contributed by atoms with Gasteiger partial charge in [0.2, 0.25) is 5.91 Å². The van der Waals surface area contributed by atoms with Crippen molar-refractivity contribution in [1.82, 2.24) is 15.3 Å². The van der Waals surface area contributed by atoms with Crippen molar-refractivity contribution in [3.8, 4) is 17.1 Å². The number of alkyl halides is 8. The summed E-state index contributed by atoms with van der Waals surface area (Å²) in [5, 5.41) is 2.44. The summed E-state index contributed by atoms with van der Waals surface area (Å²) in [6.07, 6.45) is -9.71. The largest absolute Gasteiger partial charge is 0.435 e. The van der Waals surface area contributed by atoms with E-state index in [1.165, 1.54) is 12.1 Å². The zero-order chi connectivity index (χ0) is 30.8. The lowest BCUT2D eigenvalue weighted by molar-refractivity contribution is -0.141. The van der Waals surface area contributed by atoms with Crippen molar-refractivity contribution in [1.29, 1.82) is 0 Å². The predicted molar refractivity (Wildman–Crippen MR) is 130 cm³/mol. The maximum absolute atomic E-state index is 15.4. The predicted octanol–water partition coefficient (Wildman–Crippen LogP) is 5.75. The van der Waals surface area contributed by atoms with Crippen LogP contribution in [-0.2, 0) is 23.7 Å². The van der Waals surface area contributed by atoms with Crippen LogP contribution in [0.3, 0.4) is 0 Å². The third-order valence-electron chi connectivity index (χ3n) is 6.54. The van der Waals surface area contributed by atoms with E-state index in [1.807, 2.05) is 4.90 Å². The van der Waals surface area contributed by atoms with Crippen LogP contribution in [0.25, 0.3) is 11.4 Å². The van der Waals surface area contributed by atoms with E-state index >= 15 is 4.39 Å². The number of anilines is 1. The van der Waals surface area contributed by atoms with Crippen molar-refractivity contribution < 1.29 is 49.0 Å². The molecule has 7 nitrogen and oxygen atoms in total. The highest BCUT2D eigenvalue weighted by atomic mass is 19.4. The molecule has 42 heavy (non-hydrogen) atoms.